The highest BCUT2D eigenvalue weighted by molar-refractivity contribution is 5.94. The van der Waals surface area contributed by atoms with E-state index in [0.29, 0.717) is 11.1 Å². The first-order valence-electron chi connectivity index (χ1n) is 9.79. The molecule has 0 aromatic heterocycles. The van der Waals surface area contributed by atoms with Crippen molar-refractivity contribution in [1.82, 2.24) is 0 Å². The molecule has 4 aromatic rings. The Morgan fingerprint density at radius 3 is 1.65 bits per heavy atom. The zero-order valence-corrected chi connectivity index (χ0v) is 16.5. The monoisotopic (exact) mass is 409 g/mol. The summed E-state index contributed by atoms with van der Waals surface area (Å²) in [5.74, 6) is -3.79. The van der Waals surface area contributed by atoms with Crippen molar-refractivity contribution in [2.75, 3.05) is 0 Å². The summed E-state index contributed by atoms with van der Waals surface area (Å²) in [5, 5.41) is 33.3. The molecule has 1 atom stereocenters. The van der Waals surface area contributed by atoms with Gasteiger partial charge in [0.15, 0.2) is 5.41 Å². The van der Waals surface area contributed by atoms with E-state index < -0.39 is 29.7 Å². The molecule has 0 spiro atoms. The van der Waals surface area contributed by atoms with Gasteiger partial charge in [0.05, 0.1) is 12.5 Å². The van der Waals surface area contributed by atoms with Crippen LogP contribution in [-0.4, -0.2) is 22.2 Å². The lowest BCUT2D eigenvalue weighted by Gasteiger charge is -2.32. The predicted octanol–water partition coefficient (Wildman–Crippen LogP) is 5.19. The molecule has 152 valence electrons. The van der Waals surface area contributed by atoms with Crippen LogP contribution in [0, 0.1) is 16.7 Å². The van der Waals surface area contributed by atoms with Crippen molar-refractivity contribution in [3.8, 4) is 6.07 Å². The van der Waals surface area contributed by atoms with E-state index in [9.17, 15) is 25.1 Å². The fourth-order valence-electron chi connectivity index (χ4n) is 4.39. The Hall–Kier alpha value is -4.17. The van der Waals surface area contributed by atoms with E-state index in [4.69, 9.17) is 0 Å². The van der Waals surface area contributed by atoms with Gasteiger partial charge < -0.3 is 10.2 Å². The highest BCUT2D eigenvalue weighted by Gasteiger charge is 2.50. The highest BCUT2D eigenvalue weighted by Crippen LogP contribution is 2.47. The molecular weight excluding hydrogens is 390 g/mol. The first kappa shape index (κ1) is 20.1. The maximum Gasteiger partial charge on any atom is 0.325 e. The van der Waals surface area contributed by atoms with E-state index in [1.165, 1.54) is 0 Å². The number of fused-ring (bicyclic) bond motifs is 2. The van der Waals surface area contributed by atoms with Crippen molar-refractivity contribution < 1.29 is 19.8 Å². The molecule has 5 nitrogen and oxygen atoms in total. The van der Waals surface area contributed by atoms with Crippen LogP contribution in [0.25, 0.3) is 21.5 Å². The Labute approximate surface area is 178 Å². The molecule has 0 saturated heterocycles. The van der Waals surface area contributed by atoms with Crippen LogP contribution >= 0.6 is 0 Å². The number of hydrogen-bond acceptors (Lipinski definition) is 3. The lowest BCUT2D eigenvalue weighted by molar-refractivity contribution is -0.153. The van der Waals surface area contributed by atoms with E-state index >= 15 is 0 Å². The van der Waals surface area contributed by atoms with Crippen molar-refractivity contribution in [2.45, 2.75) is 12.3 Å². The minimum Gasteiger partial charge on any atom is -0.481 e. The van der Waals surface area contributed by atoms with Crippen molar-refractivity contribution in [2.24, 2.45) is 5.41 Å². The fraction of sp³-hybridized carbons (Fsp3) is 0.115. The number of benzene rings is 4. The largest absolute Gasteiger partial charge is 0.481 e. The molecule has 0 aliphatic carbocycles. The maximum absolute atomic E-state index is 12.6. The summed E-state index contributed by atoms with van der Waals surface area (Å²) in [7, 11) is 0. The molecule has 4 rings (SSSR count). The minimum absolute atomic E-state index is 0.611. The highest BCUT2D eigenvalue weighted by atomic mass is 16.4. The number of carboxylic acid groups (broad SMARTS) is 2. The number of nitrogens with zero attached hydrogens (tertiary/aromatic N) is 1. The van der Waals surface area contributed by atoms with Crippen LogP contribution in [0.5, 0.6) is 0 Å². The molecule has 1 unspecified atom stereocenters. The third-order valence-corrected chi connectivity index (χ3v) is 5.77. The summed E-state index contributed by atoms with van der Waals surface area (Å²) < 4.78 is 0. The third kappa shape index (κ3) is 3.38. The first-order valence-corrected chi connectivity index (χ1v) is 9.79. The molecule has 2 N–H and O–H groups in total. The lowest BCUT2D eigenvalue weighted by atomic mass is 9.66. The van der Waals surface area contributed by atoms with Gasteiger partial charge >= 0.3 is 11.9 Å². The summed E-state index contributed by atoms with van der Waals surface area (Å²) in [6.45, 7) is 0. The number of carboxylic acids is 2. The Bertz CT molecular complexity index is 1260. The van der Waals surface area contributed by atoms with Crippen molar-refractivity contribution in [3.05, 3.63) is 96.1 Å². The van der Waals surface area contributed by atoms with E-state index in [1.54, 1.807) is 24.3 Å². The quantitative estimate of drug-likeness (QED) is 0.456. The first-order chi connectivity index (χ1) is 15.0. The molecule has 0 radical (unpaired) electrons. The van der Waals surface area contributed by atoms with Crippen molar-refractivity contribution in [1.29, 1.82) is 5.26 Å². The molecule has 0 amide bonds. The standard InChI is InChI=1S/C26H19NO4/c27-16-26(25(30)31,15-23(28)29)24(21-13-5-9-17-7-1-3-11-19(17)21)22-14-6-10-18-8-2-4-12-20(18)22/h1-14,24H,15H2,(H,28,29)(H,30,31). The second-order valence-corrected chi connectivity index (χ2v) is 7.53. The van der Waals surface area contributed by atoms with Crippen LogP contribution in [0.4, 0.5) is 0 Å². The summed E-state index contributed by atoms with van der Waals surface area (Å²) >= 11 is 0. The van der Waals surface area contributed by atoms with Gasteiger partial charge in [-0.25, -0.2) is 0 Å². The van der Waals surface area contributed by atoms with Gasteiger partial charge in [0, 0.05) is 5.92 Å². The SMILES string of the molecule is N#CC(CC(=O)O)(C(=O)O)C(c1cccc2ccccc12)c1cccc2ccccc12. The zero-order valence-electron chi connectivity index (χ0n) is 16.5. The van der Waals surface area contributed by atoms with Gasteiger partial charge in [-0.05, 0) is 32.7 Å². The van der Waals surface area contributed by atoms with Crippen LogP contribution in [-0.2, 0) is 9.59 Å². The van der Waals surface area contributed by atoms with E-state index in [-0.39, 0.29) is 0 Å². The van der Waals surface area contributed by atoms with Crippen LogP contribution in [0.1, 0.15) is 23.5 Å². The Balaban J connectivity index is 2.14. The molecule has 0 aliphatic rings. The number of carbonyl (C=O) groups is 2. The van der Waals surface area contributed by atoms with Gasteiger partial charge in [-0.3, -0.25) is 9.59 Å². The summed E-state index contributed by atoms with van der Waals surface area (Å²) in [4.78, 5) is 24.3. The number of aliphatic carboxylic acids is 2. The zero-order chi connectivity index (χ0) is 22.0. The molecule has 0 fully saturated rings. The normalized spacial score (nSPS) is 13.0. The Morgan fingerprint density at radius 1 is 0.774 bits per heavy atom. The molecule has 0 aliphatic heterocycles. The second kappa shape index (κ2) is 7.92. The van der Waals surface area contributed by atoms with Gasteiger partial charge in [0.25, 0.3) is 0 Å². The Kier molecular flexibility index (Phi) is 5.14. The van der Waals surface area contributed by atoms with Crippen LogP contribution in [0.3, 0.4) is 0 Å². The molecule has 5 heteroatoms. The average molecular weight is 409 g/mol. The molecule has 4 aromatic carbocycles. The van der Waals surface area contributed by atoms with Gasteiger partial charge in [0.1, 0.15) is 0 Å². The Morgan fingerprint density at radius 2 is 1.23 bits per heavy atom. The minimum atomic E-state index is -2.19. The number of nitriles is 1. The van der Waals surface area contributed by atoms with Gasteiger partial charge in [-0.15, -0.1) is 0 Å². The molecule has 0 bridgehead atoms. The maximum atomic E-state index is 12.6. The topological polar surface area (TPSA) is 98.4 Å². The second-order valence-electron chi connectivity index (χ2n) is 7.53. The van der Waals surface area contributed by atoms with E-state index in [1.807, 2.05) is 66.7 Å². The lowest BCUT2D eigenvalue weighted by Crippen LogP contribution is -2.39. The predicted molar refractivity (Wildman–Crippen MR) is 118 cm³/mol. The van der Waals surface area contributed by atoms with E-state index in [2.05, 4.69) is 0 Å². The van der Waals surface area contributed by atoms with Crippen LogP contribution < -0.4 is 0 Å². The average Bonchev–Trinajstić information content (AvgIpc) is 2.78. The van der Waals surface area contributed by atoms with Gasteiger partial charge in [-0.2, -0.15) is 5.26 Å². The van der Waals surface area contributed by atoms with Gasteiger partial charge in [-0.1, -0.05) is 84.9 Å². The van der Waals surface area contributed by atoms with E-state index in [0.717, 1.165) is 21.5 Å². The summed E-state index contributed by atoms with van der Waals surface area (Å²) in [5.41, 5.74) is -0.973. The van der Waals surface area contributed by atoms with Crippen molar-refractivity contribution >= 4 is 33.5 Å². The van der Waals surface area contributed by atoms with Gasteiger partial charge in [0.2, 0.25) is 0 Å². The smallest absolute Gasteiger partial charge is 0.325 e. The summed E-state index contributed by atoms with van der Waals surface area (Å²) in [6.07, 6.45) is -0.823. The number of rotatable bonds is 6. The summed E-state index contributed by atoms with van der Waals surface area (Å²) in [6, 6.07) is 27.9. The van der Waals surface area contributed by atoms with Crippen LogP contribution in [0.15, 0.2) is 84.9 Å². The molecule has 0 saturated carbocycles. The fourth-order valence-corrected chi connectivity index (χ4v) is 4.39. The van der Waals surface area contributed by atoms with Crippen molar-refractivity contribution in [3.63, 3.8) is 0 Å². The molecular formula is C26H19NO4. The molecule has 0 heterocycles. The third-order valence-electron chi connectivity index (χ3n) is 5.77. The molecule has 31 heavy (non-hydrogen) atoms. The number of hydrogen-bond donors (Lipinski definition) is 2. The van der Waals surface area contributed by atoms with Crippen LogP contribution in [0.2, 0.25) is 0 Å².